The molecule has 9 heavy (non-hydrogen) atoms. The molecule has 0 unspecified atom stereocenters. The summed E-state index contributed by atoms with van der Waals surface area (Å²) in [6.45, 7) is 0. The van der Waals surface area contributed by atoms with Gasteiger partial charge in [-0.25, -0.2) is 0 Å². The summed E-state index contributed by atoms with van der Waals surface area (Å²) < 4.78 is 9.03. The monoisotopic (exact) mass is 236 g/mol. The SMILES string of the molecule is O=C1C=CC(=O)[O][SnH2][O]1. The summed E-state index contributed by atoms with van der Waals surface area (Å²) in [6.07, 6.45) is 2.15. The second-order valence-corrected chi connectivity index (χ2v) is 3.70. The van der Waals surface area contributed by atoms with E-state index in [0.717, 1.165) is 12.2 Å². The van der Waals surface area contributed by atoms with E-state index in [1.807, 2.05) is 0 Å². The zero-order valence-corrected chi connectivity index (χ0v) is 8.53. The molecule has 0 bridgehead atoms. The van der Waals surface area contributed by atoms with Crippen LogP contribution in [0.15, 0.2) is 12.2 Å². The van der Waals surface area contributed by atoms with Crippen LogP contribution in [0.2, 0.25) is 0 Å². The Hall–Kier alpha value is -0.521. The molecule has 0 aliphatic carbocycles. The van der Waals surface area contributed by atoms with Gasteiger partial charge in [0.25, 0.3) is 0 Å². The van der Waals surface area contributed by atoms with Crippen molar-refractivity contribution >= 4 is 33.9 Å². The Labute approximate surface area is 62.1 Å². The summed E-state index contributed by atoms with van der Waals surface area (Å²) in [6, 6.07) is 0. The average Bonchev–Trinajstić information content (AvgIpc) is 1.97. The molecular weight excluding hydrogens is 231 g/mol. The molecule has 0 aromatic heterocycles. The van der Waals surface area contributed by atoms with Crippen LogP contribution in [0.5, 0.6) is 0 Å². The maximum absolute atomic E-state index is 10.3. The van der Waals surface area contributed by atoms with Crippen molar-refractivity contribution in [1.82, 2.24) is 0 Å². The molecule has 1 heterocycles. The zero-order valence-electron chi connectivity index (χ0n) is 4.49. The van der Waals surface area contributed by atoms with Gasteiger partial charge in [0.05, 0.1) is 0 Å². The second kappa shape index (κ2) is 2.86. The van der Waals surface area contributed by atoms with E-state index in [9.17, 15) is 9.59 Å². The Bertz CT molecular complexity index is 155. The molecule has 0 fully saturated rings. The van der Waals surface area contributed by atoms with Gasteiger partial charge in [0.1, 0.15) is 0 Å². The summed E-state index contributed by atoms with van der Waals surface area (Å²) >= 11 is -1.94. The van der Waals surface area contributed by atoms with Crippen molar-refractivity contribution in [1.29, 1.82) is 0 Å². The molecule has 0 atom stereocenters. The van der Waals surface area contributed by atoms with Crippen molar-refractivity contribution in [3.05, 3.63) is 12.2 Å². The molecule has 0 N–H and O–H groups in total. The molecule has 0 radical (unpaired) electrons. The van der Waals surface area contributed by atoms with E-state index in [0.29, 0.717) is 0 Å². The Morgan fingerprint density at radius 3 is 2.00 bits per heavy atom. The van der Waals surface area contributed by atoms with Gasteiger partial charge in [0.2, 0.25) is 0 Å². The van der Waals surface area contributed by atoms with Crippen molar-refractivity contribution in [2.75, 3.05) is 0 Å². The fourth-order valence-corrected chi connectivity index (χ4v) is 1.76. The summed E-state index contributed by atoms with van der Waals surface area (Å²) in [7, 11) is 0. The predicted molar refractivity (Wildman–Crippen MR) is 29.9 cm³/mol. The third kappa shape index (κ3) is 2.04. The molecule has 0 saturated heterocycles. The molecule has 0 aromatic carbocycles. The van der Waals surface area contributed by atoms with Crippen LogP contribution < -0.4 is 0 Å². The fraction of sp³-hybridized carbons (Fsp3) is 0. The minimum absolute atomic E-state index is 0.461. The van der Waals surface area contributed by atoms with E-state index in [4.69, 9.17) is 0 Å². The van der Waals surface area contributed by atoms with E-state index in [1.54, 1.807) is 0 Å². The molecule has 0 spiro atoms. The zero-order chi connectivity index (χ0) is 6.69. The van der Waals surface area contributed by atoms with Gasteiger partial charge in [-0.2, -0.15) is 0 Å². The van der Waals surface area contributed by atoms with Gasteiger partial charge in [-0.3, -0.25) is 0 Å². The van der Waals surface area contributed by atoms with Gasteiger partial charge >= 0.3 is 61.8 Å². The summed E-state index contributed by atoms with van der Waals surface area (Å²) in [4.78, 5) is 20.7. The van der Waals surface area contributed by atoms with Gasteiger partial charge in [-0.15, -0.1) is 0 Å². The van der Waals surface area contributed by atoms with Crippen LogP contribution in [0.25, 0.3) is 0 Å². The van der Waals surface area contributed by atoms with Gasteiger partial charge in [-0.1, -0.05) is 0 Å². The summed E-state index contributed by atoms with van der Waals surface area (Å²) in [5.41, 5.74) is 0. The quantitative estimate of drug-likeness (QED) is 0.486. The van der Waals surface area contributed by atoms with E-state index >= 15 is 0 Å². The van der Waals surface area contributed by atoms with Crippen LogP contribution in [0.3, 0.4) is 0 Å². The molecule has 0 aromatic rings. The summed E-state index contributed by atoms with van der Waals surface area (Å²) in [5.74, 6) is -0.923. The van der Waals surface area contributed by atoms with Crippen LogP contribution in [-0.4, -0.2) is 33.9 Å². The normalized spacial score (nSPS) is 18.2. The first-order chi connectivity index (χ1) is 4.29. The molecule has 5 heteroatoms. The first-order valence-electron chi connectivity index (χ1n) is 2.30. The molecule has 1 aliphatic rings. The van der Waals surface area contributed by atoms with Crippen molar-refractivity contribution in [3.63, 3.8) is 0 Å². The van der Waals surface area contributed by atoms with Gasteiger partial charge in [0, 0.05) is 0 Å². The van der Waals surface area contributed by atoms with E-state index in [-0.39, 0.29) is 0 Å². The molecule has 0 saturated carbocycles. The van der Waals surface area contributed by atoms with Gasteiger partial charge in [-0.05, 0) is 0 Å². The molecule has 0 amide bonds. The maximum atomic E-state index is 10.3. The molecule has 4 nitrogen and oxygen atoms in total. The van der Waals surface area contributed by atoms with Crippen LogP contribution in [-0.2, 0) is 15.7 Å². The van der Waals surface area contributed by atoms with Crippen LogP contribution in [0, 0.1) is 0 Å². The fourth-order valence-electron chi connectivity index (χ4n) is 0.378. The van der Waals surface area contributed by atoms with Crippen LogP contribution in [0.4, 0.5) is 0 Å². The molecule has 1 aliphatic heterocycles. The number of hydrogen-bond donors (Lipinski definition) is 0. The molecule has 48 valence electrons. The molecule has 1 rings (SSSR count). The van der Waals surface area contributed by atoms with Crippen LogP contribution in [0.1, 0.15) is 0 Å². The van der Waals surface area contributed by atoms with E-state index in [2.05, 4.69) is 6.15 Å². The van der Waals surface area contributed by atoms with Crippen molar-refractivity contribution in [2.45, 2.75) is 0 Å². The van der Waals surface area contributed by atoms with Gasteiger partial charge in [0.15, 0.2) is 0 Å². The summed E-state index contributed by atoms with van der Waals surface area (Å²) in [5, 5.41) is 0. The average molecular weight is 235 g/mol. The first kappa shape index (κ1) is 6.60. The van der Waals surface area contributed by atoms with E-state index < -0.39 is 33.9 Å². The predicted octanol–water partition coefficient (Wildman–Crippen LogP) is -1.36. The second-order valence-electron chi connectivity index (χ2n) is 1.38. The minimum atomic E-state index is -1.94. The number of carbonyl (C=O) groups is 2. The van der Waals surface area contributed by atoms with Crippen molar-refractivity contribution in [2.24, 2.45) is 0 Å². The van der Waals surface area contributed by atoms with Gasteiger partial charge < -0.3 is 0 Å². The van der Waals surface area contributed by atoms with Crippen molar-refractivity contribution < 1.29 is 15.7 Å². The Morgan fingerprint density at radius 1 is 1.11 bits per heavy atom. The topological polar surface area (TPSA) is 52.6 Å². The Balaban J connectivity index is 2.63. The number of hydrogen-bond acceptors (Lipinski definition) is 4. The number of rotatable bonds is 0. The first-order valence-corrected chi connectivity index (χ1v) is 5.60. The van der Waals surface area contributed by atoms with Crippen molar-refractivity contribution in [3.8, 4) is 0 Å². The standard InChI is InChI=1S/C4H4O4.Sn.2H/c5-3(6)1-2-4(7)8;;;/h1-2H,(H,5,6)(H,7,8);;;/q;+2;;/p-2. The Morgan fingerprint density at radius 2 is 1.56 bits per heavy atom. The van der Waals surface area contributed by atoms with Crippen LogP contribution >= 0.6 is 0 Å². The third-order valence-electron chi connectivity index (χ3n) is 0.758. The van der Waals surface area contributed by atoms with E-state index in [1.165, 1.54) is 0 Å². The Kier molecular flexibility index (Phi) is 2.10. The number of carbonyl (C=O) groups excluding carboxylic acids is 2. The molecular formula is C4H4O4Sn. The third-order valence-corrected chi connectivity index (χ3v) is 3.05.